The maximum absolute atomic E-state index is 12.0. The van der Waals surface area contributed by atoms with Gasteiger partial charge < -0.3 is 5.32 Å². The number of carbonyl (C=O) groups is 2. The van der Waals surface area contributed by atoms with Crippen LogP contribution in [0.5, 0.6) is 0 Å². The number of nitro benzene ring substituents is 2. The molecule has 0 aromatic heterocycles. The summed E-state index contributed by atoms with van der Waals surface area (Å²) >= 11 is 0. The molecule has 3 N–H and O–H groups in total. The third-order valence-electron chi connectivity index (χ3n) is 3.38. The van der Waals surface area contributed by atoms with Crippen LogP contribution in [0, 0.1) is 31.6 Å². The van der Waals surface area contributed by atoms with Crippen molar-refractivity contribution in [2.75, 3.05) is 5.32 Å². The van der Waals surface area contributed by atoms with E-state index < -0.39 is 27.4 Å². The van der Waals surface area contributed by atoms with Crippen molar-refractivity contribution in [3.8, 4) is 6.07 Å². The molecule has 146 valence electrons. The highest BCUT2D eigenvalue weighted by Gasteiger charge is 2.12. The van der Waals surface area contributed by atoms with Gasteiger partial charge in [0.1, 0.15) is 11.6 Å². The summed E-state index contributed by atoms with van der Waals surface area (Å²) in [5, 5.41) is 32.8. The number of benzene rings is 2. The maximum atomic E-state index is 12.0. The number of non-ortho nitro benzene ring substituents is 2. The fraction of sp³-hybridized carbons (Fsp3) is 0. The zero-order chi connectivity index (χ0) is 21.4. The first-order valence-electron chi connectivity index (χ1n) is 7.78. The van der Waals surface area contributed by atoms with Gasteiger partial charge in [-0.1, -0.05) is 12.1 Å². The van der Waals surface area contributed by atoms with Gasteiger partial charge in [-0.2, -0.15) is 5.26 Å². The number of rotatable bonds is 5. The summed E-state index contributed by atoms with van der Waals surface area (Å²) in [6.45, 7) is 0. The molecule has 0 atom stereocenters. The molecule has 29 heavy (non-hydrogen) atoms. The Balaban J connectivity index is 1.98. The number of nitrogens with one attached hydrogen (secondary N) is 3. The van der Waals surface area contributed by atoms with Crippen molar-refractivity contribution in [3.05, 3.63) is 79.9 Å². The SMILES string of the molecule is N#CC(=Cc1cccc([N+](=O)[O-])c1)C(=O)NNC(=O)Nc1ccc([N+](=O)[O-])cc1. The Morgan fingerprint density at radius 2 is 1.62 bits per heavy atom. The number of amides is 3. The zero-order valence-electron chi connectivity index (χ0n) is 14.5. The van der Waals surface area contributed by atoms with Crippen molar-refractivity contribution in [1.29, 1.82) is 5.26 Å². The summed E-state index contributed by atoms with van der Waals surface area (Å²) in [6.07, 6.45) is 1.12. The van der Waals surface area contributed by atoms with Gasteiger partial charge in [-0.05, 0) is 23.8 Å². The molecule has 2 rings (SSSR count). The van der Waals surface area contributed by atoms with E-state index in [0.717, 1.165) is 6.08 Å². The van der Waals surface area contributed by atoms with E-state index in [1.54, 1.807) is 6.07 Å². The number of nitro groups is 2. The number of hydrazine groups is 1. The van der Waals surface area contributed by atoms with Gasteiger partial charge in [-0.15, -0.1) is 0 Å². The molecule has 0 saturated heterocycles. The minimum absolute atomic E-state index is 0.158. The predicted octanol–water partition coefficient (Wildman–Crippen LogP) is 2.26. The van der Waals surface area contributed by atoms with E-state index in [-0.39, 0.29) is 22.6 Å². The molecule has 0 saturated carbocycles. The van der Waals surface area contributed by atoms with Gasteiger partial charge in [0.05, 0.1) is 9.85 Å². The zero-order valence-corrected chi connectivity index (χ0v) is 14.5. The molecule has 0 unspecified atom stereocenters. The number of hydrogen-bond donors (Lipinski definition) is 3. The molecule has 0 spiro atoms. The Morgan fingerprint density at radius 1 is 0.966 bits per heavy atom. The number of anilines is 1. The maximum Gasteiger partial charge on any atom is 0.337 e. The summed E-state index contributed by atoms with van der Waals surface area (Å²) in [5.41, 5.74) is 3.73. The highest BCUT2D eigenvalue weighted by atomic mass is 16.6. The van der Waals surface area contributed by atoms with Crippen LogP contribution in [0.1, 0.15) is 5.56 Å². The second-order valence-electron chi connectivity index (χ2n) is 5.36. The Kier molecular flexibility index (Phi) is 6.53. The number of carbonyl (C=O) groups excluding carboxylic acids is 2. The van der Waals surface area contributed by atoms with Crippen LogP contribution >= 0.6 is 0 Å². The van der Waals surface area contributed by atoms with E-state index in [0.29, 0.717) is 0 Å². The minimum Gasteiger partial charge on any atom is -0.307 e. The van der Waals surface area contributed by atoms with Crippen molar-refractivity contribution in [3.63, 3.8) is 0 Å². The Bertz CT molecular complexity index is 1040. The molecule has 3 amide bonds. The van der Waals surface area contributed by atoms with E-state index in [9.17, 15) is 29.8 Å². The summed E-state index contributed by atoms with van der Waals surface area (Å²) in [5.74, 6) is -0.946. The number of hydrogen-bond acceptors (Lipinski definition) is 7. The summed E-state index contributed by atoms with van der Waals surface area (Å²) in [7, 11) is 0. The van der Waals surface area contributed by atoms with Crippen LogP contribution in [0.15, 0.2) is 54.1 Å². The van der Waals surface area contributed by atoms with Crippen molar-refractivity contribution >= 4 is 35.1 Å². The lowest BCUT2D eigenvalue weighted by atomic mass is 10.1. The first-order chi connectivity index (χ1) is 13.8. The van der Waals surface area contributed by atoms with E-state index in [1.165, 1.54) is 48.5 Å². The van der Waals surface area contributed by atoms with Gasteiger partial charge in [0.2, 0.25) is 0 Å². The Morgan fingerprint density at radius 3 is 2.21 bits per heavy atom. The van der Waals surface area contributed by atoms with Crippen LogP contribution in [0.3, 0.4) is 0 Å². The molecular weight excluding hydrogens is 384 g/mol. The molecule has 0 heterocycles. The standard InChI is InChI=1S/C17H12N6O6/c18-10-12(8-11-2-1-3-15(9-11)23(28)29)16(24)20-21-17(25)19-13-4-6-14(7-5-13)22(26)27/h1-9H,(H,20,24)(H2,19,21,25). The summed E-state index contributed by atoms with van der Waals surface area (Å²) in [6, 6.07) is 11.0. The first kappa shape index (κ1) is 20.5. The normalized spacial score (nSPS) is 10.4. The van der Waals surface area contributed by atoms with E-state index in [1.807, 2.05) is 10.9 Å². The Hall–Kier alpha value is -4.79. The lowest BCUT2D eigenvalue weighted by Gasteiger charge is -2.08. The molecule has 0 aliphatic carbocycles. The smallest absolute Gasteiger partial charge is 0.307 e. The minimum atomic E-state index is -0.946. The van der Waals surface area contributed by atoms with Crippen molar-refractivity contribution in [2.24, 2.45) is 0 Å². The number of urea groups is 1. The fourth-order valence-corrected chi connectivity index (χ4v) is 2.05. The van der Waals surface area contributed by atoms with Gasteiger partial charge in [-0.3, -0.25) is 30.4 Å². The molecule has 0 aliphatic rings. The van der Waals surface area contributed by atoms with Crippen LogP contribution in [0.2, 0.25) is 0 Å². The van der Waals surface area contributed by atoms with Gasteiger partial charge in [0, 0.05) is 30.0 Å². The lowest BCUT2D eigenvalue weighted by molar-refractivity contribution is -0.385. The molecule has 12 nitrogen and oxygen atoms in total. The highest BCUT2D eigenvalue weighted by molar-refractivity contribution is 6.03. The highest BCUT2D eigenvalue weighted by Crippen LogP contribution is 2.16. The van der Waals surface area contributed by atoms with E-state index in [4.69, 9.17) is 5.26 Å². The number of nitrogens with zero attached hydrogens (tertiary/aromatic N) is 3. The van der Waals surface area contributed by atoms with Gasteiger partial charge in [-0.25, -0.2) is 10.2 Å². The third kappa shape index (κ3) is 5.86. The summed E-state index contributed by atoms with van der Waals surface area (Å²) in [4.78, 5) is 43.9. The average Bonchev–Trinajstić information content (AvgIpc) is 2.70. The second-order valence-corrected chi connectivity index (χ2v) is 5.36. The van der Waals surface area contributed by atoms with E-state index >= 15 is 0 Å². The van der Waals surface area contributed by atoms with E-state index in [2.05, 4.69) is 5.32 Å². The van der Waals surface area contributed by atoms with Gasteiger partial charge in [0.25, 0.3) is 17.3 Å². The molecule has 2 aromatic rings. The van der Waals surface area contributed by atoms with Crippen molar-refractivity contribution in [1.82, 2.24) is 10.9 Å². The van der Waals surface area contributed by atoms with Gasteiger partial charge in [0.15, 0.2) is 0 Å². The molecule has 0 radical (unpaired) electrons. The third-order valence-corrected chi connectivity index (χ3v) is 3.38. The van der Waals surface area contributed by atoms with Crippen LogP contribution in [-0.2, 0) is 4.79 Å². The predicted molar refractivity (Wildman–Crippen MR) is 100 cm³/mol. The monoisotopic (exact) mass is 396 g/mol. The lowest BCUT2D eigenvalue weighted by Crippen LogP contribution is -2.44. The first-order valence-corrected chi connectivity index (χ1v) is 7.78. The molecule has 2 aromatic carbocycles. The van der Waals surface area contributed by atoms with Crippen molar-refractivity contribution < 1.29 is 19.4 Å². The second kappa shape index (κ2) is 9.24. The topological polar surface area (TPSA) is 180 Å². The molecule has 12 heteroatoms. The van der Waals surface area contributed by atoms with Crippen molar-refractivity contribution in [2.45, 2.75) is 0 Å². The number of nitriles is 1. The quantitative estimate of drug-likeness (QED) is 0.300. The molecule has 0 bridgehead atoms. The molecular formula is C17H12N6O6. The van der Waals surface area contributed by atoms with Crippen LogP contribution in [0.4, 0.5) is 21.9 Å². The van der Waals surface area contributed by atoms with Crippen LogP contribution in [0.25, 0.3) is 6.08 Å². The van der Waals surface area contributed by atoms with Gasteiger partial charge >= 0.3 is 6.03 Å². The Labute approximate surface area is 162 Å². The summed E-state index contributed by atoms with van der Waals surface area (Å²) < 4.78 is 0. The fourth-order valence-electron chi connectivity index (χ4n) is 2.05. The van der Waals surface area contributed by atoms with Crippen LogP contribution in [-0.4, -0.2) is 21.8 Å². The largest absolute Gasteiger partial charge is 0.337 e. The molecule has 0 fully saturated rings. The average molecular weight is 396 g/mol. The van der Waals surface area contributed by atoms with Crippen LogP contribution < -0.4 is 16.2 Å². The molecule has 0 aliphatic heterocycles.